The molecular weight excluding hydrogens is 278 g/mol. The van der Waals surface area contributed by atoms with E-state index in [9.17, 15) is 13.2 Å². The minimum absolute atomic E-state index is 0.127. The van der Waals surface area contributed by atoms with Crippen LogP contribution in [0.25, 0.3) is 0 Å². The second kappa shape index (κ2) is 5.59. The zero-order valence-electron chi connectivity index (χ0n) is 10.5. The Kier molecular flexibility index (Phi) is 4.59. The largest absolute Gasteiger partial charge is 0.341 e. The van der Waals surface area contributed by atoms with Gasteiger partial charge in [-0.3, -0.25) is 4.90 Å². The second-order valence-corrected chi connectivity index (χ2v) is 6.56. The van der Waals surface area contributed by atoms with E-state index in [4.69, 9.17) is 0 Å². The smallest absolute Gasteiger partial charge is 0.323 e. The Bertz CT molecular complexity index is 527. The third-order valence-electron chi connectivity index (χ3n) is 2.28. The third kappa shape index (κ3) is 2.76. The molecule has 1 aromatic rings. The zero-order chi connectivity index (χ0) is 13.9. The number of sulfonamides is 1. The molecule has 102 valence electrons. The van der Waals surface area contributed by atoms with Gasteiger partial charge in [0.1, 0.15) is 0 Å². The van der Waals surface area contributed by atoms with Crippen LogP contribution in [0, 0.1) is 0 Å². The number of urea groups is 1. The van der Waals surface area contributed by atoms with E-state index in [2.05, 4.69) is 15.5 Å². The van der Waals surface area contributed by atoms with Crippen molar-refractivity contribution in [3.8, 4) is 0 Å². The molecule has 2 amide bonds. The first-order valence-electron chi connectivity index (χ1n) is 5.09. The Morgan fingerprint density at radius 3 is 2.50 bits per heavy atom. The van der Waals surface area contributed by atoms with Crippen LogP contribution in [0.15, 0.2) is 4.34 Å². The van der Waals surface area contributed by atoms with Gasteiger partial charge >= 0.3 is 6.03 Å². The van der Waals surface area contributed by atoms with Crippen LogP contribution in [-0.2, 0) is 10.0 Å². The van der Waals surface area contributed by atoms with Gasteiger partial charge in [0.2, 0.25) is 9.47 Å². The number of nitrogens with zero attached hydrogens (tertiary/aromatic N) is 4. The Morgan fingerprint density at radius 2 is 2.00 bits per heavy atom. The molecule has 18 heavy (non-hydrogen) atoms. The van der Waals surface area contributed by atoms with Gasteiger partial charge in [0.05, 0.1) is 0 Å². The molecule has 1 N–H and O–H groups in total. The molecule has 0 aliphatic carbocycles. The van der Waals surface area contributed by atoms with Crippen molar-refractivity contribution in [2.75, 3.05) is 32.6 Å². The predicted molar refractivity (Wildman–Crippen MR) is 68.3 cm³/mol. The van der Waals surface area contributed by atoms with Crippen molar-refractivity contribution in [2.24, 2.45) is 0 Å². The average Bonchev–Trinajstić information content (AvgIpc) is 2.85. The minimum Gasteiger partial charge on any atom is -0.341 e. The SMILES string of the molecule is CCN(C)S(=O)(=O)c1nnc(N(C)C(=O)NC)s1. The van der Waals surface area contributed by atoms with E-state index in [0.29, 0.717) is 6.54 Å². The molecule has 1 aromatic heterocycles. The van der Waals surface area contributed by atoms with Crippen molar-refractivity contribution in [3.05, 3.63) is 0 Å². The summed E-state index contributed by atoms with van der Waals surface area (Å²) >= 11 is 0.849. The standard InChI is InChI=1S/C8H15N5O3S2/c1-5-12(3)18(15,16)8-11-10-7(17-8)13(4)6(14)9-2/h5H2,1-4H3,(H,9,14). The van der Waals surface area contributed by atoms with Gasteiger partial charge in [-0.2, -0.15) is 4.31 Å². The quantitative estimate of drug-likeness (QED) is 0.786. The Morgan fingerprint density at radius 1 is 1.39 bits per heavy atom. The lowest BCUT2D eigenvalue weighted by atomic mass is 10.8. The highest BCUT2D eigenvalue weighted by Crippen LogP contribution is 2.24. The van der Waals surface area contributed by atoms with Crippen molar-refractivity contribution in [2.45, 2.75) is 11.3 Å². The van der Waals surface area contributed by atoms with Gasteiger partial charge in [-0.05, 0) is 0 Å². The number of hydrogen-bond acceptors (Lipinski definition) is 6. The molecule has 0 aromatic carbocycles. The van der Waals surface area contributed by atoms with Gasteiger partial charge in [0.15, 0.2) is 0 Å². The highest BCUT2D eigenvalue weighted by Gasteiger charge is 2.26. The molecule has 0 aliphatic rings. The zero-order valence-corrected chi connectivity index (χ0v) is 12.2. The maximum Gasteiger partial charge on any atom is 0.323 e. The number of amides is 2. The van der Waals surface area contributed by atoms with Gasteiger partial charge in [0.25, 0.3) is 10.0 Å². The summed E-state index contributed by atoms with van der Waals surface area (Å²) in [6.07, 6.45) is 0. The van der Waals surface area contributed by atoms with Gasteiger partial charge in [-0.25, -0.2) is 13.2 Å². The highest BCUT2D eigenvalue weighted by molar-refractivity contribution is 7.91. The van der Waals surface area contributed by atoms with Crippen molar-refractivity contribution in [1.82, 2.24) is 19.8 Å². The number of carbonyl (C=O) groups is 1. The second-order valence-electron chi connectivity index (χ2n) is 3.38. The van der Waals surface area contributed by atoms with Crippen LogP contribution in [0.1, 0.15) is 6.92 Å². The monoisotopic (exact) mass is 293 g/mol. The van der Waals surface area contributed by atoms with Crippen LogP contribution >= 0.6 is 11.3 Å². The first-order valence-corrected chi connectivity index (χ1v) is 7.35. The van der Waals surface area contributed by atoms with Crippen molar-refractivity contribution >= 4 is 32.5 Å². The molecule has 0 unspecified atom stereocenters. The van der Waals surface area contributed by atoms with Crippen LogP contribution in [0.4, 0.5) is 9.93 Å². The predicted octanol–water partition coefficient (Wildman–Crippen LogP) is -0.0459. The van der Waals surface area contributed by atoms with Crippen molar-refractivity contribution < 1.29 is 13.2 Å². The maximum atomic E-state index is 12.0. The summed E-state index contributed by atoms with van der Waals surface area (Å²) in [5.74, 6) is 0. The number of aromatic nitrogens is 2. The molecular formula is C8H15N5O3S2. The Labute approximate surface area is 110 Å². The van der Waals surface area contributed by atoms with Crippen LogP contribution < -0.4 is 10.2 Å². The number of anilines is 1. The van der Waals surface area contributed by atoms with Gasteiger partial charge < -0.3 is 5.32 Å². The van der Waals surface area contributed by atoms with Crippen LogP contribution in [-0.4, -0.2) is 56.6 Å². The van der Waals surface area contributed by atoms with Crippen molar-refractivity contribution in [1.29, 1.82) is 0 Å². The van der Waals surface area contributed by atoms with E-state index < -0.39 is 10.0 Å². The summed E-state index contributed by atoms with van der Waals surface area (Å²) in [7, 11) is 0.803. The molecule has 0 atom stereocenters. The van der Waals surface area contributed by atoms with E-state index in [1.165, 1.54) is 26.0 Å². The lowest BCUT2D eigenvalue weighted by Crippen LogP contribution is -2.34. The van der Waals surface area contributed by atoms with Crippen LogP contribution in [0.5, 0.6) is 0 Å². The van der Waals surface area contributed by atoms with E-state index in [-0.39, 0.29) is 15.5 Å². The fourth-order valence-corrected chi connectivity index (χ4v) is 3.32. The Balaban J connectivity index is 3.04. The molecule has 0 spiro atoms. The van der Waals surface area contributed by atoms with E-state index in [1.54, 1.807) is 6.92 Å². The van der Waals surface area contributed by atoms with Crippen molar-refractivity contribution in [3.63, 3.8) is 0 Å². The maximum absolute atomic E-state index is 12.0. The molecule has 0 aliphatic heterocycles. The molecule has 1 heterocycles. The first-order chi connectivity index (χ1) is 8.34. The number of nitrogens with one attached hydrogen (secondary N) is 1. The summed E-state index contributed by atoms with van der Waals surface area (Å²) in [5.41, 5.74) is 0. The average molecular weight is 293 g/mol. The summed E-state index contributed by atoms with van der Waals surface area (Å²) < 4.78 is 24.9. The summed E-state index contributed by atoms with van der Waals surface area (Å²) in [4.78, 5) is 12.6. The number of rotatable bonds is 4. The van der Waals surface area contributed by atoms with Gasteiger partial charge in [-0.1, -0.05) is 18.3 Å². The summed E-state index contributed by atoms with van der Waals surface area (Å²) in [6, 6.07) is -0.390. The lowest BCUT2D eigenvalue weighted by molar-refractivity contribution is 0.249. The first kappa shape index (κ1) is 14.8. The third-order valence-corrected chi connectivity index (χ3v) is 5.56. The van der Waals surface area contributed by atoms with Crippen LogP contribution in [0.2, 0.25) is 0 Å². The van der Waals surface area contributed by atoms with E-state index >= 15 is 0 Å². The molecule has 1 rings (SSSR count). The summed E-state index contributed by atoms with van der Waals surface area (Å²) in [6.45, 7) is 2.05. The molecule has 10 heteroatoms. The number of hydrogen-bond donors (Lipinski definition) is 1. The van der Waals surface area contributed by atoms with Gasteiger partial charge in [-0.15, -0.1) is 10.2 Å². The molecule has 8 nitrogen and oxygen atoms in total. The highest BCUT2D eigenvalue weighted by atomic mass is 32.2. The van der Waals surface area contributed by atoms with E-state index in [1.807, 2.05) is 0 Å². The van der Waals surface area contributed by atoms with Crippen LogP contribution in [0.3, 0.4) is 0 Å². The molecule has 0 saturated carbocycles. The molecule has 0 saturated heterocycles. The Hall–Kier alpha value is -1.26. The fourth-order valence-electron chi connectivity index (χ4n) is 1.00. The normalized spacial score (nSPS) is 11.6. The molecule has 0 bridgehead atoms. The fraction of sp³-hybridized carbons (Fsp3) is 0.625. The van der Waals surface area contributed by atoms with E-state index in [0.717, 1.165) is 15.6 Å². The van der Waals surface area contributed by atoms with Gasteiger partial charge in [0, 0.05) is 27.7 Å². The minimum atomic E-state index is -3.61. The summed E-state index contributed by atoms with van der Waals surface area (Å²) in [5, 5.41) is 9.94. The molecule has 0 radical (unpaired) electrons. The lowest BCUT2D eigenvalue weighted by Gasteiger charge is -2.12. The molecule has 0 fully saturated rings. The number of carbonyl (C=O) groups excluding carboxylic acids is 1. The topological polar surface area (TPSA) is 95.5 Å².